The Bertz CT molecular complexity index is 1300. The summed E-state index contributed by atoms with van der Waals surface area (Å²) in [6, 6.07) is 17.1. The molecule has 0 unspecified atom stereocenters. The van der Waals surface area contributed by atoms with E-state index in [0.29, 0.717) is 40.8 Å². The molecule has 1 amide bonds. The highest BCUT2D eigenvalue weighted by atomic mass is 35.5. The van der Waals surface area contributed by atoms with Gasteiger partial charge in [-0.05, 0) is 24.1 Å². The summed E-state index contributed by atoms with van der Waals surface area (Å²) in [5.74, 6) is -0.0428. The van der Waals surface area contributed by atoms with Gasteiger partial charge in [-0.15, -0.1) is 0 Å². The Hall–Kier alpha value is -3.10. The number of carbonyl (C=O) groups is 1. The third-order valence-electron chi connectivity index (χ3n) is 4.91. The van der Waals surface area contributed by atoms with Crippen LogP contribution in [0.25, 0.3) is 11.0 Å². The number of nitrogens with one attached hydrogen (secondary N) is 1. The first kappa shape index (κ1) is 22.1. The molecule has 32 heavy (non-hydrogen) atoms. The van der Waals surface area contributed by atoms with Crippen molar-refractivity contribution in [3.8, 4) is 0 Å². The first-order chi connectivity index (χ1) is 15.5. The van der Waals surface area contributed by atoms with Gasteiger partial charge in [0.05, 0.1) is 18.5 Å². The van der Waals surface area contributed by atoms with Crippen molar-refractivity contribution in [3.63, 3.8) is 0 Å². The summed E-state index contributed by atoms with van der Waals surface area (Å²) in [7, 11) is 0. The van der Waals surface area contributed by atoms with Crippen LogP contribution in [0, 0.1) is 0 Å². The van der Waals surface area contributed by atoms with Crippen molar-refractivity contribution in [1.29, 1.82) is 0 Å². The minimum absolute atomic E-state index is 0.124. The van der Waals surface area contributed by atoms with Crippen LogP contribution in [-0.4, -0.2) is 31.0 Å². The lowest BCUT2D eigenvalue weighted by Crippen LogP contribution is -2.27. The summed E-state index contributed by atoms with van der Waals surface area (Å²) in [5.41, 5.74) is 2.45. The van der Waals surface area contributed by atoms with Crippen LogP contribution in [0.2, 0.25) is 5.02 Å². The second-order valence-corrected chi connectivity index (χ2v) is 8.50. The Kier molecular flexibility index (Phi) is 6.92. The molecule has 4 rings (SSSR count). The summed E-state index contributed by atoms with van der Waals surface area (Å²) in [6.45, 7) is 3.28. The molecule has 0 aliphatic heterocycles. The average Bonchev–Trinajstić information content (AvgIpc) is 3.23. The fourth-order valence-electron chi connectivity index (χ4n) is 3.22. The highest BCUT2D eigenvalue weighted by molar-refractivity contribution is 7.99. The zero-order valence-corrected chi connectivity index (χ0v) is 19.1. The van der Waals surface area contributed by atoms with Crippen molar-refractivity contribution < 1.29 is 4.79 Å². The predicted molar refractivity (Wildman–Crippen MR) is 127 cm³/mol. The molecular formula is C23H22ClN5O2S. The Morgan fingerprint density at radius 3 is 2.62 bits per heavy atom. The van der Waals surface area contributed by atoms with E-state index in [4.69, 9.17) is 11.6 Å². The molecule has 0 atom stereocenters. The van der Waals surface area contributed by atoms with Crippen molar-refractivity contribution in [1.82, 2.24) is 24.6 Å². The van der Waals surface area contributed by atoms with E-state index in [1.54, 1.807) is 21.5 Å². The van der Waals surface area contributed by atoms with Crippen LogP contribution < -0.4 is 10.9 Å². The molecule has 4 aromatic rings. The van der Waals surface area contributed by atoms with Crippen molar-refractivity contribution in [3.05, 3.63) is 87.3 Å². The summed E-state index contributed by atoms with van der Waals surface area (Å²) in [6.07, 6.45) is 1.76. The monoisotopic (exact) mass is 467 g/mol. The van der Waals surface area contributed by atoms with Crippen LogP contribution in [0.1, 0.15) is 18.1 Å². The van der Waals surface area contributed by atoms with Gasteiger partial charge < -0.3 is 5.32 Å². The second kappa shape index (κ2) is 10.0. The van der Waals surface area contributed by atoms with Gasteiger partial charge in [-0.1, -0.05) is 71.9 Å². The van der Waals surface area contributed by atoms with Crippen molar-refractivity contribution >= 4 is 40.3 Å². The van der Waals surface area contributed by atoms with Gasteiger partial charge in [-0.25, -0.2) is 4.98 Å². The fraction of sp³-hybridized carbons (Fsp3) is 0.217. The zero-order valence-electron chi connectivity index (χ0n) is 17.5. The SMILES string of the molecule is CCn1cc2nc(SCC(=O)NCc3ccccc3Cl)n(Cc3ccccc3)c(=O)c2n1. The van der Waals surface area contributed by atoms with Crippen LogP contribution in [-0.2, 0) is 24.4 Å². The minimum Gasteiger partial charge on any atom is -0.351 e. The molecule has 2 aromatic carbocycles. The number of aromatic nitrogens is 4. The van der Waals surface area contributed by atoms with Crippen LogP contribution in [0.15, 0.2) is 70.7 Å². The molecular weight excluding hydrogens is 446 g/mol. The largest absolute Gasteiger partial charge is 0.351 e. The zero-order chi connectivity index (χ0) is 22.5. The minimum atomic E-state index is -0.218. The summed E-state index contributed by atoms with van der Waals surface area (Å²) in [5, 5.41) is 8.32. The van der Waals surface area contributed by atoms with E-state index in [0.717, 1.165) is 11.1 Å². The van der Waals surface area contributed by atoms with Gasteiger partial charge in [0.25, 0.3) is 5.56 Å². The highest BCUT2D eigenvalue weighted by Crippen LogP contribution is 2.19. The van der Waals surface area contributed by atoms with E-state index in [9.17, 15) is 9.59 Å². The number of nitrogens with zero attached hydrogens (tertiary/aromatic N) is 4. The maximum Gasteiger partial charge on any atom is 0.282 e. The summed E-state index contributed by atoms with van der Waals surface area (Å²) in [4.78, 5) is 30.3. The van der Waals surface area contributed by atoms with Crippen molar-refractivity contribution in [2.24, 2.45) is 0 Å². The average molecular weight is 468 g/mol. The third kappa shape index (κ3) is 5.03. The number of aryl methyl sites for hydroxylation is 1. The molecule has 0 aliphatic carbocycles. The summed E-state index contributed by atoms with van der Waals surface area (Å²) < 4.78 is 3.27. The van der Waals surface area contributed by atoms with E-state index in [1.165, 1.54) is 11.8 Å². The fourth-order valence-corrected chi connectivity index (χ4v) is 4.25. The molecule has 0 aliphatic rings. The Labute approximate surface area is 194 Å². The van der Waals surface area contributed by atoms with Crippen molar-refractivity contribution in [2.45, 2.75) is 31.7 Å². The summed E-state index contributed by atoms with van der Waals surface area (Å²) >= 11 is 7.38. The van der Waals surface area contributed by atoms with Crippen LogP contribution in [0.3, 0.4) is 0 Å². The highest BCUT2D eigenvalue weighted by Gasteiger charge is 2.16. The number of thioether (sulfide) groups is 1. The molecule has 7 nitrogen and oxygen atoms in total. The Morgan fingerprint density at radius 1 is 1.12 bits per heavy atom. The first-order valence-corrected chi connectivity index (χ1v) is 11.6. The Morgan fingerprint density at radius 2 is 1.88 bits per heavy atom. The van der Waals surface area contributed by atoms with E-state index < -0.39 is 0 Å². The lowest BCUT2D eigenvalue weighted by atomic mass is 10.2. The number of hydrogen-bond acceptors (Lipinski definition) is 5. The van der Waals surface area contributed by atoms with Crippen LogP contribution in [0.5, 0.6) is 0 Å². The smallest absolute Gasteiger partial charge is 0.282 e. The molecule has 0 saturated heterocycles. The van der Waals surface area contributed by atoms with E-state index in [2.05, 4.69) is 15.4 Å². The molecule has 0 spiro atoms. The number of fused-ring (bicyclic) bond motifs is 1. The predicted octanol–water partition coefficient (Wildman–Crippen LogP) is 3.72. The molecule has 2 heterocycles. The number of rotatable bonds is 8. The second-order valence-electron chi connectivity index (χ2n) is 7.15. The number of benzene rings is 2. The quantitative estimate of drug-likeness (QED) is 0.315. The number of carbonyl (C=O) groups excluding carboxylic acids is 1. The van der Waals surface area contributed by atoms with Gasteiger partial charge in [0.15, 0.2) is 10.7 Å². The standard InChI is InChI=1S/C23H22ClN5O2S/c1-2-28-14-19-21(27-28)22(31)29(13-16-8-4-3-5-9-16)23(26-19)32-15-20(30)25-12-17-10-6-7-11-18(17)24/h3-11,14H,2,12-13,15H2,1H3,(H,25,30). The van der Waals surface area contributed by atoms with E-state index in [1.807, 2.05) is 55.5 Å². The van der Waals surface area contributed by atoms with Gasteiger partial charge >= 0.3 is 0 Å². The lowest BCUT2D eigenvalue weighted by Gasteiger charge is -2.12. The normalized spacial score (nSPS) is 11.1. The maximum absolute atomic E-state index is 13.2. The molecule has 1 N–H and O–H groups in total. The molecule has 0 saturated carbocycles. The third-order valence-corrected chi connectivity index (χ3v) is 6.26. The molecule has 0 bridgehead atoms. The molecule has 2 aromatic heterocycles. The molecule has 0 radical (unpaired) electrons. The van der Waals surface area contributed by atoms with Gasteiger partial charge in [0.1, 0.15) is 5.52 Å². The van der Waals surface area contributed by atoms with Gasteiger partial charge in [0, 0.05) is 18.1 Å². The topological polar surface area (TPSA) is 81.8 Å². The van der Waals surface area contributed by atoms with Crippen LogP contribution in [0.4, 0.5) is 0 Å². The first-order valence-electron chi connectivity index (χ1n) is 10.2. The molecule has 164 valence electrons. The van der Waals surface area contributed by atoms with Crippen molar-refractivity contribution in [2.75, 3.05) is 5.75 Å². The van der Waals surface area contributed by atoms with Crippen LogP contribution >= 0.6 is 23.4 Å². The number of hydrogen-bond donors (Lipinski definition) is 1. The lowest BCUT2D eigenvalue weighted by molar-refractivity contribution is -0.118. The molecule has 0 fully saturated rings. The number of halogens is 1. The maximum atomic E-state index is 13.2. The number of amides is 1. The van der Waals surface area contributed by atoms with Gasteiger partial charge in [-0.3, -0.25) is 18.8 Å². The van der Waals surface area contributed by atoms with E-state index >= 15 is 0 Å². The van der Waals surface area contributed by atoms with Gasteiger partial charge in [0.2, 0.25) is 5.91 Å². The van der Waals surface area contributed by atoms with E-state index in [-0.39, 0.29) is 17.2 Å². The van der Waals surface area contributed by atoms with Gasteiger partial charge in [-0.2, -0.15) is 5.10 Å². The molecule has 9 heteroatoms. The Balaban J connectivity index is 1.56.